The molecule has 1 saturated carbocycles. The van der Waals surface area contributed by atoms with Gasteiger partial charge in [-0.05, 0) is 83.2 Å². The van der Waals surface area contributed by atoms with E-state index >= 15 is 0 Å². The second-order valence-corrected chi connectivity index (χ2v) is 14.2. The topological polar surface area (TPSA) is 137 Å². The summed E-state index contributed by atoms with van der Waals surface area (Å²) in [6, 6.07) is 19.3. The highest BCUT2D eigenvalue weighted by Crippen LogP contribution is 2.44. The molecule has 0 spiro atoms. The number of aromatic amines is 1. The highest BCUT2D eigenvalue weighted by atomic mass is 32.2. The average molecular weight is 641 g/mol. The number of hydrogen-bond donors (Lipinski definition) is 5. The van der Waals surface area contributed by atoms with Gasteiger partial charge < -0.3 is 10.3 Å². The zero-order chi connectivity index (χ0) is 31.7. The van der Waals surface area contributed by atoms with E-state index in [1.54, 1.807) is 12.3 Å². The molecule has 2 fully saturated rings. The summed E-state index contributed by atoms with van der Waals surface area (Å²) in [5, 5.41) is 3.53. The first-order valence-corrected chi connectivity index (χ1v) is 17.5. The number of halogens is 1. The molecule has 5 N–H and O–H groups in total. The highest BCUT2D eigenvalue weighted by molar-refractivity contribution is 7.88. The van der Waals surface area contributed by atoms with Crippen LogP contribution in [0.5, 0.6) is 0 Å². The fourth-order valence-electron chi connectivity index (χ4n) is 6.84. The maximum absolute atomic E-state index is 14.7. The van der Waals surface area contributed by atoms with Gasteiger partial charge in [0.15, 0.2) is 5.65 Å². The van der Waals surface area contributed by atoms with E-state index in [-0.39, 0.29) is 12.6 Å². The third-order valence-corrected chi connectivity index (χ3v) is 9.72. The van der Waals surface area contributed by atoms with Gasteiger partial charge in [-0.25, -0.2) is 32.9 Å². The fourth-order valence-corrected chi connectivity index (χ4v) is 7.27. The zero-order valence-corrected chi connectivity index (χ0v) is 26.3. The monoisotopic (exact) mass is 640 g/mol. The third kappa shape index (κ3) is 6.86. The summed E-state index contributed by atoms with van der Waals surface area (Å²) in [5.74, 6) is 1.01. The Balaban J connectivity index is 1.09. The number of fused-ring (bicyclic) bond motifs is 2. The lowest BCUT2D eigenvalue weighted by Crippen LogP contribution is -2.34. The van der Waals surface area contributed by atoms with Crippen LogP contribution in [-0.4, -0.2) is 40.7 Å². The van der Waals surface area contributed by atoms with Crippen molar-refractivity contribution < 1.29 is 12.8 Å². The molecule has 4 heterocycles. The Labute approximate surface area is 267 Å². The molecule has 2 aliphatic rings. The summed E-state index contributed by atoms with van der Waals surface area (Å²) in [7, 11) is -3.42. The van der Waals surface area contributed by atoms with E-state index in [0.717, 1.165) is 50.0 Å². The normalized spacial score (nSPS) is 21.4. The molecule has 1 aliphatic heterocycles. The highest BCUT2D eigenvalue weighted by Gasteiger charge is 2.42. The summed E-state index contributed by atoms with van der Waals surface area (Å²) >= 11 is 0. The number of benzene rings is 2. The summed E-state index contributed by atoms with van der Waals surface area (Å²) in [6.07, 6.45) is 9.78. The first-order chi connectivity index (χ1) is 22.3. The Morgan fingerprint density at radius 3 is 2.63 bits per heavy atom. The number of H-pyrrole nitrogens is 1. The van der Waals surface area contributed by atoms with Gasteiger partial charge in [-0.2, -0.15) is 0 Å². The van der Waals surface area contributed by atoms with Gasteiger partial charge in [-0.3, -0.25) is 10.4 Å². The largest absolute Gasteiger partial charge is 0.339 e. The van der Waals surface area contributed by atoms with Gasteiger partial charge in [0.1, 0.15) is 11.6 Å². The van der Waals surface area contributed by atoms with Gasteiger partial charge in [0.2, 0.25) is 10.0 Å². The lowest BCUT2D eigenvalue weighted by molar-refractivity contribution is 0.274. The van der Waals surface area contributed by atoms with E-state index in [4.69, 9.17) is 4.98 Å². The number of sulfonamides is 1. The van der Waals surface area contributed by atoms with Crippen molar-refractivity contribution in [2.45, 2.75) is 56.9 Å². The van der Waals surface area contributed by atoms with Crippen molar-refractivity contribution >= 4 is 21.2 Å². The Morgan fingerprint density at radius 1 is 0.935 bits per heavy atom. The minimum atomic E-state index is -3.42. The molecule has 46 heavy (non-hydrogen) atoms. The van der Waals surface area contributed by atoms with Crippen molar-refractivity contribution in [2.75, 3.05) is 6.26 Å². The molecule has 238 valence electrons. The van der Waals surface area contributed by atoms with E-state index in [0.29, 0.717) is 40.2 Å². The number of pyridine rings is 2. The van der Waals surface area contributed by atoms with Crippen LogP contribution in [0.2, 0.25) is 0 Å². The van der Waals surface area contributed by atoms with Crippen molar-refractivity contribution in [1.82, 2.24) is 40.8 Å². The maximum Gasteiger partial charge on any atom is 0.209 e. The minimum Gasteiger partial charge on any atom is -0.339 e. The second kappa shape index (κ2) is 13.0. The van der Waals surface area contributed by atoms with Gasteiger partial charge in [-0.15, -0.1) is 0 Å². The molecular weight excluding hydrogens is 603 g/mol. The van der Waals surface area contributed by atoms with Gasteiger partial charge >= 0.3 is 0 Å². The van der Waals surface area contributed by atoms with E-state index in [1.807, 2.05) is 24.5 Å². The zero-order valence-electron chi connectivity index (χ0n) is 25.5. The summed E-state index contributed by atoms with van der Waals surface area (Å²) in [5.41, 5.74) is 13.8. The Kier molecular flexibility index (Phi) is 8.62. The Bertz CT molecular complexity index is 1950. The summed E-state index contributed by atoms with van der Waals surface area (Å²) in [6.45, 7) is 1.57. The van der Waals surface area contributed by atoms with Gasteiger partial charge in [-0.1, -0.05) is 36.4 Å². The summed E-state index contributed by atoms with van der Waals surface area (Å²) in [4.78, 5) is 17.5. The maximum atomic E-state index is 14.7. The number of hydrazine groups is 1. The quantitative estimate of drug-likeness (QED) is 0.150. The Hall–Kier alpha value is -4.07. The molecule has 3 aromatic heterocycles. The molecule has 5 aromatic rings. The molecule has 2 aromatic carbocycles. The number of nitrogens with zero attached hydrogens (tertiary/aromatic N) is 3. The number of aromatic nitrogens is 4. The van der Waals surface area contributed by atoms with E-state index in [2.05, 4.69) is 66.2 Å². The van der Waals surface area contributed by atoms with E-state index < -0.39 is 15.8 Å². The number of rotatable bonds is 10. The molecule has 0 amide bonds. The predicted molar refractivity (Wildman–Crippen MR) is 175 cm³/mol. The Morgan fingerprint density at radius 2 is 1.78 bits per heavy atom. The molecular formula is C34H37FN8O2S. The number of hydrogen-bond acceptors (Lipinski definition) is 8. The molecule has 1 aliphatic carbocycles. The molecule has 1 saturated heterocycles. The van der Waals surface area contributed by atoms with Crippen LogP contribution in [0.15, 0.2) is 79.3 Å². The van der Waals surface area contributed by atoms with E-state index in [1.165, 1.54) is 28.8 Å². The van der Waals surface area contributed by atoms with Crippen molar-refractivity contribution in [3.8, 4) is 11.1 Å². The molecule has 10 nitrogen and oxygen atoms in total. The van der Waals surface area contributed by atoms with E-state index in [9.17, 15) is 12.8 Å². The first kappa shape index (κ1) is 30.6. The lowest BCUT2D eigenvalue weighted by Gasteiger charge is -2.33. The van der Waals surface area contributed by atoms with Crippen LogP contribution in [0.25, 0.3) is 22.3 Å². The molecule has 7 rings (SSSR count). The fraction of sp³-hybridized carbons (Fsp3) is 0.324. The van der Waals surface area contributed by atoms with Gasteiger partial charge in [0.25, 0.3) is 0 Å². The van der Waals surface area contributed by atoms with Crippen LogP contribution in [0.1, 0.15) is 59.3 Å². The molecule has 0 radical (unpaired) electrons. The third-order valence-electron chi connectivity index (χ3n) is 9.05. The molecule has 4 unspecified atom stereocenters. The van der Waals surface area contributed by atoms with Crippen LogP contribution in [0.3, 0.4) is 0 Å². The standard InChI is InChI=1S/C34H37FN8O2S/c1-46(44,45)39-19-22-11-25(14-27(35)13-22)28-9-10-38-33-31(28)40-34(41-33)32-29-15-24(7-8-30(29)42-43-32)26-12-23(18-37-20-26)17-36-16-21-5-3-2-4-6-21/h2-6,9-14,18,20,24,29-30,32,36,39,42-43H,7-8,15-17,19H2,1H3,(H,38,40,41). The minimum absolute atomic E-state index is 0.00340. The number of imidazole rings is 1. The predicted octanol–water partition coefficient (Wildman–Crippen LogP) is 4.60. The van der Waals surface area contributed by atoms with Crippen LogP contribution < -0.4 is 20.9 Å². The van der Waals surface area contributed by atoms with Crippen molar-refractivity contribution in [1.29, 1.82) is 0 Å². The van der Waals surface area contributed by atoms with Gasteiger partial charge in [0.05, 0.1) is 17.8 Å². The van der Waals surface area contributed by atoms with Crippen molar-refractivity contribution in [3.05, 3.63) is 113 Å². The van der Waals surface area contributed by atoms with Crippen molar-refractivity contribution in [3.63, 3.8) is 0 Å². The average Bonchev–Trinajstić information content (AvgIpc) is 3.68. The molecule has 12 heteroatoms. The smallest absolute Gasteiger partial charge is 0.209 e. The van der Waals surface area contributed by atoms with Gasteiger partial charge in [0, 0.05) is 49.8 Å². The molecule has 0 bridgehead atoms. The lowest BCUT2D eigenvalue weighted by atomic mass is 9.73. The van der Waals surface area contributed by atoms with Crippen LogP contribution >= 0.6 is 0 Å². The second-order valence-electron chi connectivity index (χ2n) is 12.4. The first-order valence-electron chi connectivity index (χ1n) is 15.6. The van der Waals surface area contributed by atoms with Crippen LogP contribution in [0.4, 0.5) is 4.39 Å². The summed E-state index contributed by atoms with van der Waals surface area (Å²) < 4.78 is 40.3. The van der Waals surface area contributed by atoms with Crippen molar-refractivity contribution in [2.24, 2.45) is 5.92 Å². The number of nitrogens with one attached hydrogen (secondary N) is 5. The van der Waals surface area contributed by atoms with Crippen LogP contribution in [0, 0.1) is 11.7 Å². The SMILES string of the molecule is CS(=O)(=O)NCc1cc(F)cc(-c2ccnc3nc(C4NNC5CCC(c6cncc(CNCc7ccccc7)c6)CC54)[nH]c23)c1. The molecule has 4 atom stereocenters. The van der Waals surface area contributed by atoms with Crippen LogP contribution in [-0.2, 0) is 29.7 Å².